The van der Waals surface area contributed by atoms with Crippen molar-refractivity contribution in [1.82, 2.24) is 9.88 Å². The molecule has 0 bridgehead atoms. The smallest absolute Gasteiger partial charge is 0.223 e. The monoisotopic (exact) mass is 421 g/mol. The Bertz CT molecular complexity index is 773. The summed E-state index contributed by atoms with van der Waals surface area (Å²) in [5, 5.41) is 0. The molecule has 1 fully saturated rings. The Morgan fingerprint density at radius 2 is 2.11 bits per heavy atom. The maximum atomic E-state index is 13.8. The van der Waals surface area contributed by atoms with Gasteiger partial charge < -0.3 is 15.1 Å². The molecule has 2 N–H and O–H groups in total. The van der Waals surface area contributed by atoms with Gasteiger partial charge in [-0.05, 0) is 37.9 Å². The molecule has 1 aromatic heterocycles. The number of carbonyl (C=O) groups is 1. The van der Waals surface area contributed by atoms with Gasteiger partial charge in [-0.15, -0.1) is 24.8 Å². The van der Waals surface area contributed by atoms with Crippen LogP contribution in [0, 0.1) is 17.6 Å². The second kappa shape index (κ2) is 10.0. The lowest BCUT2D eigenvalue weighted by molar-refractivity contribution is -0.131. The molecule has 1 aliphatic heterocycles. The molecule has 1 saturated heterocycles. The number of nitrogens with two attached hydrogens (primary N) is 1. The highest BCUT2D eigenvalue weighted by Gasteiger charge is 2.31. The van der Waals surface area contributed by atoms with Gasteiger partial charge in [0.15, 0.2) is 11.7 Å². The number of nitrogens with zero attached hydrogens (tertiary/aromatic N) is 2. The zero-order valence-corrected chi connectivity index (χ0v) is 16.5. The van der Waals surface area contributed by atoms with E-state index >= 15 is 0 Å². The van der Waals surface area contributed by atoms with E-state index in [-0.39, 0.29) is 54.5 Å². The minimum absolute atomic E-state index is 0. The summed E-state index contributed by atoms with van der Waals surface area (Å²) < 4.78 is 32.3. The Hall–Kier alpha value is -1.70. The molecular formula is C18H23Cl2F2N3O2. The summed E-state index contributed by atoms with van der Waals surface area (Å²) in [6.07, 6.45) is 2.92. The summed E-state index contributed by atoms with van der Waals surface area (Å²) in [7, 11) is 0. The quantitative estimate of drug-likeness (QED) is 0.800. The number of aromatic nitrogens is 1. The van der Waals surface area contributed by atoms with Crippen molar-refractivity contribution in [3.8, 4) is 11.3 Å². The molecule has 5 nitrogen and oxygen atoms in total. The van der Waals surface area contributed by atoms with Crippen LogP contribution in [0.15, 0.2) is 28.8 Å². The summed E-state index contributed by atoms with van der Waals surface area (Å²) in [6.45, 7) is 3.29. The lowest BCUT2D eigenvalue weighted by Crippen LogP contribution is -2.34. The molecule has 2 unspecified atom stereocenters. The molecule has 0 radical (unpaired) electrons. The van der Waals surface area contributed by atoms with E-state index in [1.54, 1.807) is 0 Å². The van der Waals surface area contributed by atoms with Gasteiger partial charge in [0, 0.05) is 31.5 Å². The predicted molar refractivity (Wildman–Crippen MR) is 103 cm³/mol. The molecule has 150 valence electrons. The van der Waals surface area contributed by atoms with Crippen molar-refractivity contribution in [3.05, 3.63) is 41.9 Å². The fraction of sp³-hybridized carbons (Fsp3) is 0.444. The lowest BCUT2D eigenvalue weighted by Gasteiger charge is -2.21. The molecule has 2 heterocycles. The van der Waals surface area contributed by atoms with Crippen molar-refractivity contribution in [1.29, 1.82) is 0 Å². The van der Waals surface area contributed by atoms with Crippen LogP contribution in [0.2, 0.25) is 0 Å². The fourth-order valence-corrected chi connectivity index (χ4v) is 3.26. The molecule has 1 aliphatic rings. The molecule has 1 aromatic carbocycles. The van der Waals surface area contributed by atoms with Crippen LogP contribution in [0.4, 0.5) is 8.78 Å². The van der Waals surface area contributed by atoms with Crippen LogP contribution in [0.25, 0.3) is 11.3 Å². The highest BCUT2D eigenvalue weighted by Crippen LogP contribution is 2.26. The summed E-state index contributed by atoms with van der Waals surface area (Å²) in [5.74, 6) is -0.392. The normalized spacial score (nSPS) is 18.7. The number of carbonyl (C=O) groups excluding carboxylic acids is 1. The summed E-state index contributed by atoms with van der Waals surface area (Å²) in [4.78, 5) is 18.3. The average molecular weight is 422 g/mol. The zero-order chi connectivity index (χ0) is 18.0. The predicted octanol–water partition coefficient (Wildman–Crippen LogP) is 3.59. The van der Waals surface area contributed by atoms with Gasteiger partial charge in [-0.2, -0.15) is 0 Å². The molecule has 0 spiro atoms. The SMILES string of the molecule is CC1CC(CN)CN1C(=O)CCc1ncc(-c2ccc(F)cc2F)o1.Cl.Cl. The third-order valence-corrected chi connectivity index (χ3v) is 4.62. The van der Waals surface area contributed by atoms with Crippen molar-refractivity contribution >= 4 is 30.7 Å². The minimum Gasteiger partial charge on any atom is -0.441 e. The van der Waals surface area contributed by atoms with Crippen LogP contribution in [-0.4, -0.2) is 34.9 Å². The standard InChI is InChI=1S/C18H21F2N3O2.2ClH/c1-11-6-12(8-21)10-23(11)18(24)5-4-17-22-9-16(25-17)14-3-2-13(19)7-15(14)20;;/h2-3,7,9,11-12H,4-6,8,10,21H2,1H3;2*1H. The molecule has 27 heavy (non-hydrogen) atoms. The molecule has 9 heteroatoms. The Labute approximate surface area is 169 Å². The van der Waals surface area contributed by atoms with Crippen molar-refractivity contribution in [2.24, 2.45) is 11.7 Å². The average Bonchev–Trinajstić information content (AvgIpc) is 3.19. The van der Waals surface area contributed by atoms with E-state index in [0.29, 0.717) is 31.3 Å². The Morgan fingerprint density at radius 1 is 1.37 bits per heavy atom. The van der Waals surface area contributed by atoms with E-state index in [9.17, 15) is 13.6 Å². The second-order valence-corrected chi connectivity index (χ2v) is 6.47. The number of amides is 1. The van der Waals surface area contributed by atoms with Crippen molar-refractivity contribution in [2.75, 3.05) is 13.1 Å². The molecule has 2 aromatic rings. The Kier molecular flexibility index (Phi) is 8.65. The zero-order valence-electron chi connectivity index (χ0n) is 14.9. The first-order valence-corrected chi connectivity index (χ1v) is 8.37. The van der Waals surface area contributed by atoms with Gasteiger partial charge in [-0.25, -0.2) is 13.8 Å². The van der Waals surface area contributed by atoms with Gasteiger partial charge in [0.1, 0.15) is 11.6 Å². The highest BCUT2D eigenvalue weighted by atomic mass is 35.5. The third-order valence-electron chi connectivity index (χ3n) is 4.62. The Morgan fingerprint density at radius 3 is 2.74 bits per heavy atom. The van der Waals surface area contributed by atoms with Crippen LogP contribution < -0.4 is 5.73 Å². The number of halogens is 4. The van der Waals surface area contributed by atoms with Crippen molar-refractivity contribution < 1.29 is 18.0 Å². The maximum absolute atomic E-state index is 13.8. The van der Waals surface area contributed by atoms with E-state index in [4.69, 9.17) is 10.2 Å². The first kappa shape index (κ1) is 23.3. The van der Waals surface area contributed by atoms with Crippen molar-refractivity contribution in [3.63, 3.8) is 0 Å². The van der Waals surface area contributed by atoms with Gasteiger partial charge in [0.2, 0.25) is 5.91 Å². The van der Waals surface area contributed by atoms with E-state index in [2.05, 4.69) is 4.98 Å². The lowest BCUT2D eigenvalue weighted by atomic mass is 10.1. The first-order valence-electron chi connectivity index (χ1n) is 8.37. The molecule has 2 atom stereocenters. The summed E-state index contributed by atoms with van der Waals surface area (Å²) in [5.41, 5.74) is 5.83. The van der Waals surface area contributed by atoms with Crippen LogP contribution in [-0.2, 0) is 11.2 Å². The van der Waals surface area contributed by atoms with Crippen LogP contribution in [0.1, 0.15) is 25.7 Å². The fourth-order valence-electron chi connectivity index (χ4n) is 3.26. The Balaban J connectivity index is 0.00000182. The summed E-state index contributed by atoms with van der Waals surface area (Å²) in [6, 6.07) is 3.45. The van der Waals surface area contributed by atoms with Crippen LogP contribution in [0.5, 0.6) is 0 Å². The van der Waals surface area contributed by atoms with Gasteiger partial charge >= 0.3 is 0 Å². The number of benzene rings is 1. The van der Waals surface area contributed by atoms with E-state index < -0.39 is 11.6 Å². The van der Waals surface area contributed by atoms with Gasteiger partial charge in [-0.1, -0.05) is 0 Å². The van der Waals surface area contributed by atoms with E-state index in [1.807, 2.05) is 11.8 Å². The van der Waals surface area contributed by atoms with Gasteiger partial charge in [0.05, 0.1) is 11.8 Å². The van der Waals surface area contributed by atoms with Gasteiger partial charge in [-0.3, -0.25) is 4.79 Å². The van der Waals surface area contributed by atoms with E-state index in [1.165, 1.54) is 12.3 Å². The molecule has 1 amide bonds. The topological polar surface area (TPSA) is 72.4 Å². The minimum atomic E-state index is -0.711. The van der Waals surface area contributed by atoms with Crippen molar-refractivity contribution in [2.45, 2.75) is 32.2 Å². The maximum Gasteiger partial charge on any atom is 0.223 e. The number of likely N-dealkylation sites (tertiary alicyclic amines) is 1. The number of hydrogen-bond acceptors (Lipinski definition) is 4. The number of rotatable bonds is 5. The van der Waals surface area contributed by atoms with E-state index in [0.717, 1.165) is 18.6 Å². The highest BCUT2D eigenvalue weighted by molar-refractivity contribution is 5.85. The molecule has 3 rings (SSSR count). The summed E-state index contributed by atoms with van der Waals surface area (Å²) >= 11 is 0. The largest absolute Gasteiger partial charge is 0.441 e. The third kappa shape index (κ3) is 5.40. The number of oxazole rings is 1. The molecular weight excluding hydrogens is 399 g/mol. The molecule has 0 aliphatic carbocycles. The first-order chi connectivity index (χ1) is 12.0. The van der Waals surface area contributed by atoms with Gasteiger partial charge in [0.25, 0.3) is 0 Å². The van der Waals surface area contributed by atoms with Crippen LogP contribution >= 0.6 is 24.8 Å². The number of hydrogen-bond donors (Lipinski definition) is 1. The van der Waals surface area contributed by atoms with Crippen LogP contribution in [0.3, 0.4) is 0 Å². The number of aryl methyl sites for hydroxylation is 1. The molecule has 0 saturated carbocycles. The second-order valence-electron chi connectivity index (χ2n) is 6.47.